The zero-order valence-electron chi connectivity index (χ0n) is 15.0. The molecule has 1 atom stereocenters. The number of hydrogen-bond donors (Lipinski definition) is 2. The standard InChI is InChI=1S/C18H31NO4/c1-13(2)19-11-16(20)12-23-18-7-6-17(10-15(18)5)22-9-8-21-14(3)4/h6-7,10,13-14,16,19-20H,8-9,11-12H2,1-5H3. The maximum atomic E-state index is 9.87. The van der Waals surface area contributed by atoms with Gasteiger partial charge in [-0.1, -0.05) is 13.8 Å². The van der Waals surface area contributed by atoms with Gasteiger partial charge in [-0.25, -0.2) is 0 Å². The number of ether oxygens (including phenoxy) is 3. The molecule has 0 spiro atoms. The van der Waals surface area contributed by atoms with Gasteiger partial charge in [0.1, 0.15) is 30.8 Å². The molecule has 5 nitrogen and oxygen atoms in total. The lowest BCUT2D eigenvalue weighted by Crippen LogP contribution is -2.35. The van der Waals surface area contributed by atoms with E-state index in [0.717, 1.165) is 17.1 Å². The third kappa shape index (κ3) is 8.79. The van der Waals surface area contributed by atoms with Crippen LogP contribution in [0.25, 0.3) is 0 Å². The molecule has 132 valence electrons. The maximum absolute atomic E-state index is 9.87. The van der Waals surface area contributed by atoms with Crippen LogP contribution in [0.1, 0.15) is 33.3 Å². The Morgan fingerprint density at radius 1 is 1.09 bits per heavy atom. The smallest absolute Gasteiger partial charge is 0.122 e. The molecular formula is C18H31NO4. The summed E-state index contributed by atoms with van der Waals surface area (Å²) < 4.78 is 16.8. The zero-order chi connectivity index (χ0) is 17.2. The molecule has 0 saturated heterocycles. The van der Waals surface area contributed by atoms with Gasteiger partial charge in [0.15, 0.2) is 0 Å². The summed E-state index contributed by atoms with van der Waals surface area (Å²) in [6, 6.07) is 6.03. The van der Waals surface area contributed by atoms with Crippen molar-refractivity contribution in [2.24, 2.45) is 0 Å². The van der Waals surface area contributed by atoms with Crippen molar-refractivity contribution in [2.75, 3.05) is 26.4 Å². The lowest BCUT2D eigenvalue weighted by Gasteiger charge is -2.16. The van der Waals surface area contributed by atoms with E-state index < -0.39 is 6.10 Å². The summed E-state index contributed by atoms with van der Waals surface area (Å²) in [7, 11) is 0. The number of aryl methyl sites for hydroxylation is 1. The monoisotopic (exact) mass is 325 g/mol. The molecule has 23 heavy (non-hydrogen) atoms. The summed E-state index contributed by atoms with van der Waals surface area (Å²) in [5.41, 5.74) is 0.983. The van der Waals surface area contributed by atoms with Crippen molar-refractivity contribution in [1.82, 2.24) is 5.32 Å². The van der Waals surface area contributed by atoms with Crippen molar-refractivity contribution in [1.29, 1.82) is 0 Å². The first-order chi connectivity index (χ1) is 10.9. The van der Waals surface area contributed by atoms with Gasteiger partial charge in [0.2, 0.25) is 0 Å². The van der Waals surface area contributed by atoms with Gasteiger partial charge in [0.05, 0.1) is 12.7 Å². The fraction of sp³-hybridized carbons (Fsp3) is 0.667. The molecule has 0 aliphatic carbocycles. The number of benzene rings is 1. The largest absolute Gasteiger partial charge is 0.491 e. The predicted molar refractivity (Wildman–Crippen MR) is 92.4 cm³/mol. The molecule has 1 unspecified atom stereocenters. The zero-order valence-corrected chi connectivity index (χ0v) is 15.0. The van der Waals surface area contributed by atoms with E-state index in [9.17, 15) is 5.11 Å². The Morgan fingerprint density at radius 2 is 1.83 bits per heavy atom. The molecule has 5 heteroatoms. The first-order valence-electron chi connectivity index (χ1n) is 8.27. The summed E-state index contributed by atoms with van der Waals surface area (Å²) in [6.07, 6.45) is -0.311. The average molecular weight is 325 g/mol. The van der Waals surface area contributed by atoms with E-state index in [1.165, 1.54) is 0 Å². The minimum atomic E-state index is -0.527. The molecular weight excluding hydrogens is 294 g/mol. The fourth-order valence-electron chi connectivity index (χ4n) is 1.93. The quantitative estimate of drug-likeness (QED) is 0.612. The van der Waals surface area contributed by atoms with Gasteiger partial charge in [-0.3, -0.25) is 0 Å². The van der Waals surface area contributed by atoms with Crippen molar-refractivity contribution in [3.05, 3.63) is 23.8 Å². The SMILES string of the molecule is Cc1cc(OCCOC(C)C)ccc1OCC(O)CNC(C)C. The molecule has 0 aliphatic heterocycles. The first-order valence-corrected chi connectivity index (χ1v) is 8.27. The molecule has 0 saturated carbocycles. The van der Waals surface area contributed by atoms with Gasteiger partial charge in [-0.15, -0.1) is 0 Å². The lowest BCUT2D eigenvalue weighted by atomic mass is 10.2. The van der Waals surface area contributed by atoms with E-state index in [4.69, 9.17) is 14.2 Å². The Bertz CT molecular complexity index is 449. The molecule has 0 amide bonds. The highest BCUT2D eigenvalue weighted by atomic mass is 16.5. The van der Waals surface area contributed by atoms with Gasteiger partial charge in [-0.05, 0) is 44.5 Å². The molecule has 0 aromatic heterocycles. The second kappa shape index (κ2) is 10.5. The predicted octanol–water partition coefficient (Wildman–Crippen LogP) is 2.54. The van der Waals surface area contributed by atoms with Crippen LogP contribution in [0, 0.1) is 6.92 Å². The highest BCUT2D eigenvalue weighted by Crippen LogP contribution is 2.23. The summed E-state index contributed by atoms with van der Waals surface area (Å²) in [5, 5.41) is 13.0. The van der Waals surface area contributed by atoms with Crippen LogP contribution < -0.4 is 14.8 Å². The van der Waals surface area contributed by atoms with Gasteiger partial charge in [0.25, 0.3) is 0 Å². The second-order valence-electron chi connectivity index (χ2n) is 6.22. The van der Waals surface area contributed by atoms with Crippen molar-refractivity contribution in [3.63, 3.8) is 0 Å². The van der Waals surface area contributed by atoms with Gasteiger partial charge < -0.3 is 24.6 Å². The van der Waals surface area contributed by atoms with Gasteiger partial charge in [0, 0.05) is 12.6 Å². The van der Waals surface area contributed by atoms with E-state index in [1.807, 2.05) is 52.8 Å². The van der Waals surface area contributed by atoms with Crippen LogP contribution in [-0.4, -0.2) is 49.7 Å². The molecule has 1 aromatic carbocycles. The molecule has 0 heterocycles. The van der Waals surface area contributed by atoms with Crippen LogP contribution in [0.5, 0.6) is 11.5 Å². The van der Waals surface area contributed by atoms with E-state index in [-0.39, 0.29) is 12.7 Å². The van der Waals surface area contributed by atoms with Crippen LogP contribution >= 0.6 is 0 Å². The Hall–Kier alpha value is -1.30. The molecule has 1 aromatic rings. The topological polar surface area (TPSA) is 60.0 Å². The van der Waals surface area contributed by atoms with Crippen LogP contribution in [0.4, 0.5) is 0 Å². The number of aliphatic hydroxyl groups excluding tert-OH is 1. The van der Waals surface area contributed by atoms with Gasteiger partial charge in [-0.2, -0.15) is 0 Å². The van der Waals surface area contributed by atoms with Crippen LogP contribution in [0.2, 0.25) is 0 Å². The molecule has 0 fully saturated rings. The van der Waals surface area contributed by atoms with Gasteiger partial charge >= 0.3 is 0 Å². The lowest BCUT2D eigenvalue weighted by molar-refractivity contribution is 0.0552. The second-order valence-corrected chi connectivity index (χ2v) is 6.22. The highest BCUT2D eigenvalue weighted by Gasteiger charge is 2.08. The number of rotatable bonds is 11. The Labute approximate surface area is 139 Å². The Morgan fingerprint density at radius 3 is 2.43 bits per heavy atom. The molecule has 0 bridgehead atoms. The van der Waals surface area contributed by atoms with Crippen molar-refractivity contribution in [2.45, 2.75) is 52.9 Å². The fourth-order valence-corrected chi connectivity index (χ4v) is 1.93. The third-order valence-corrected chi connectivity index (χ3v) is 3.14. The van der Waals surface area contributed by atoms with Crippen molar-refractivity contribution < 1.29 is 19.3 Å². The molecule has 1 rings (SSSR count). The minimum Gasteiger partial charge on any atom is -0.491 e. The van der Waals surface area contributed by atoms with E-state index >= 15 is 0 Å². The number of nitrogens with one attached hydrogen (secondary N) is 1. The minimum absolute atomic E-state index is 0.215. The molecule has 2 N–H and O–H groups in total. The maximum Gasteiger partial charge on any atom is 0.122 e. The Balaban J connectivity index is 2.37. The number of aliphatic hydroxyl groups is 1. The van der Waals surface area contributed by atoms with Crippen LogP contribution in [0.3, 0.4) is 0 Å². The Kier molecular flexibility index (Phi) is 8.99. The third-order valence-electron chi connectivity index (χ3n) is 3.14. The molecule has 0 aliphatic rings. The molecule has 0 radical (unpaired) electrons. The van der Waals surface area contributed by atoms with Crippen LogP contribution in [-0.2, 0) is 4.74 Å². The summed E-state index contributed by atoms with van der Waals surface area (Å²) in [4.78, 5) is 0. The van der Waals surface area contributed by atoms with Crippen LogP contribution in [0.15, 0.2) is 18.2 Å². The highest BCUT2D eigenvalue weighted by molar-refractivity contribution is 5.39. The normalized spacial score (nSPS) is 12.7. The van der Waals surface area contributed by atoms with E-state index in [1.54, 1.807) is 0 Å². The van der Waals surface area contributed by atoms with Crippen molar-refractivity contribution in [3.8, 4) is 11.5 Å². The summed E-state index contributed by atoms with van der Waals surface area (Å²) >= 11 is 0. The summed E-state index contributed by atoms with van der Waals surface area (Å²) in [6.45, 7) is 11.9. The number of hydrogen-bond acceptors (Lipinski definition) is 5. The van der Waals surface area contributed by atoms with Crippen molar-refractivity contribution >= 4 is 0 Å². The van der Waals surface area contributed by atoms with E-state index in [2.05, 4.69) is 5.32 Å². The first kappa shape index (κ1) is 19.7. The van der Waals surface area contributed by atoms with E-state index in [0.29, 0.717) is 25.8 Å². The summed E-state index contributed by atoms with van der Waals surface area (Å²) in [5.74, 6) is 1.56. The average Bonchev–Trinajstić information content (AvgIpc) is 2.48.